The van der Waals surface area contributed by atoms with E-state index in [4.69, 9.17) is 10.5 Å². The molecule has 1 amide bonds. The summed E-state index contributed by atoms with van der Waals surface area (Å²) >= 11 is 0. The molecular formula is C16H25N3O2. The average molecular weight is 291 g/mol. The molecule has 1 heterocycles. The van der Waals surface area contributed by atoms with Crippen molar-refractivity contribution in [2.24, 2.45) is 0 Å². The molecule has 5 heteroatoms. The van der Waals surface area contributed by atoms with Crippen LogP contribution in [0.25, 0.3) is 0 Å². The Morgan fingerprint density at radius 2 is 2.24 bits per heavy atom. The number of carbonyl (C=O) groups is 1. The summed E-state index contributed by atoms with van der Waals surface area (Å²) in [5.74, 6) is 0.670. The third-order valence-corrected chi connectivity index (χ3v) is 4.28. The van der Waals surface area contributed by atoms with Crippen LogP contribution in [-0.2, 0) is 4.79 Å². The molecule has 3 N–H and O–H groups in total. The van der Waals surface area contributed by atoms with Crippen LogP contribution in [0.4, 0.5) is 11.4 Å². The molecule has 116 valence electrons. The maximum absolute atomic E-state index is 12.2. The summed E-state index contributed by atoms with van der Waals surface area (Å²) in [5.41, 5.74) is 7.08. The number of rotatable bonds is 5. The second-order valence-corrected chi connectivity index (χ2v) is 5.66. The number of amides is 1. The van der Waals surface area contributed by atoms with E-state index in [2.05, 4.69) is 24.1 Å². The summed E-state index contributed by atoms with van der Waals surface area (Å²) < 4.78 is 5.10. The summed E-state index contributed by atoms with van der Waals surface area (Å²) in [6.45, 7) is 4.78. The van der Waals surface area contributed by atoms with Crippen LogP contribution in [0.5, 0.6) is 5.75 Å². The Morgan fingerprint density at radius 1 is 1.48 bits per heavy atom. The van der Waals surface area contributed by atoms with Crippen molar-refractivity contribution in [3.63, 3.8) is 0 Å². The van der Waals surface area contributed by atoms with Crippen molar-refractivity contribution >= 4 is 17.3 Å². The van der Waals surface area contributed by atoms with Gasteiger partial charge in [-0.3, -0.25) is 9.69 Å². The van der Waals surface area contributed by atoms with Gasteiger partial charge >= 0.3 is 0 Å². The molecule has 0 spiro atoms. The van der Waals surface area contributed by atoms with Gasteiger partial charge in [0.15, 0.2) is 0 Å². The highest BCUT2D eigenvalue weighted by Gasteiger charge is 2.30. The number of nitrogen functional groups attached to an aromatic ring is 1. The SMILES string of the molecule is CCC1CCC(C)N1CC(=O)Nc1ccc(OC)cc1N. The van der Waals surface area contributed by atoms with Crippen LogP contribution in [0.3, 0.4) is 0 Å². The van der Waals surface area contributed by atoms with Gasteiger partial charge in [0.1, 0.15) is 5.75 Å². The number of nitrogens with one attached hydrogen (secondary N) is 1. The molecule has 1 aromatic rings. The molecule has 0 radical (unpaired) electrons. The van der Waals surface area contributed by atoms with Crippen molar-refractivity contribution in [3.05, 3.63) is 18.2 Å². The molecule has 2 rings (SSSR count). The molecule has 0 aliphatic carbocycles. The monoisotopic (exact) mass is 291 g/mol. The minimum atomic E-state index is -0.0148. The zero-order valence-electron chi connectivity index (χ0n) is 13.1. The summed E-state index contributed by atoms with van der Waals surface area (Å²) in [6, 6.07) is 6.26. The zero-order chi connectivity index (χ0) is 15.4. The number of carbonyl (C=O) groups excluding carboxylic acids is 1. The van der Waals surface area contributed by atoms with Crippen molar-refractivity contribution in [1.82, 2.24) is 4.90 Å². The smallest absolute Gasteiger partial charge is 0.238 e. The molecule has 1 aliphatic rings. The van der Waals surface area contributed by atoms with Gasteiger partial charge in [0.25, 0.3) is 0 Å². The predicted octanol–water partition coefficient (Wildman–Crippen LogP) is 2.48. The molecule has 0 saturated carbocycles. The van der Waals surface area contributed by atoms with E-state index in [9.17, 15) is 4.79 Å². The Bertz CT molecular complexity index is 504. The van der Waals surface area contributed by atoms with Gasteiger partial charge in [-0.05, 0) is 38.3 Å². The van der Waals surface area contributed by atoms with Gasteiger partial charge in [0.05, 0.1) is 25.0 Å². The van der Waals surface area contributed by atoms with Gasteiger partial charge < -0.3 is 15.8 Å². The first-order valence-electron chi connectivity index (χ1n) is 7.54. The number of nitrogens with zero attached hydrogens (tertiary/aromatic N) is 1. The molecule has 2 atom stereocenters. The molecule has 2 unspecified atom stereocenters. The summed E-state index contributed by atoms with van der Waals surface area (Å²) in [5, 5.41) is 2.89. The van der Waals surface area contributed by atoms with Crippen LogP contribution in [0.2, 0.25) is 0 Å². The second-order valence-electron chi connectivity index (χ2n) is 5.66. The van der Waals surface area contributed by atoms with E-state index in [1.54, 1.807) is 25.3 Å². The fourth-order valence-electron chi connectivity index (χ4n) is 2.99. The summed E-state index contributed by atoms with van der Waals surface area (Å²) in [4.78, 5) is 14.5. The number of methoxy groups -OCH3 is 1. The fraction of sp³-hybridized carbons (Fsp3) is 0.562. The van der Waals surface area contributed by atoms with Gasteiger partial charge in [-0.1, -0.05) is 6.92 Å². The molecule has 0 bridgehead atoms. The average Bonchev–Trinajstić information content (AvgIpc) is 2.81. The topological polar surface area (TPSA) is 67.6 Å². The predicted molar refractivity (Wildman–Crippen MR) is 85.5 cm³/mol. The Morgan fingerprint density at radius 3 is 2.86 bits per heavy atom. The van der Waals surface area contributed by atoms with Gasteiger partial charge in [-0.25, -0.2) is 0 Å². The van der Waals surface area contributed by atoms with Crippen molar-refractivity contribution in [3.8, 4) is 5.75 Å². The number of hydrogen-bond donors (Lipinski definition) is 2. The van der Waals surface area contributed by atoms with Crippen molar-refractivity contribution in [2.45, 2.75) is 45.2 Å². The number of benzene rings is 1. The number of hydrogen-bond acceptors (Lipinski definition) is 4. The highest BCUT2D eigenvalue weighted by molar-refractivity contribution is 5.95. The second kappa shape index (κ2) is 6.80. The van der Waals surface area contributed by atoms with Crippen LogP contribution in [-0.4, -0.2) is 36.5 Å². The number of anilines is 2. The highest BCUT2D eigenvalue weighted by atomic mass is 16.5. The van der Waals surface area contributed by atoms with Crippen LogP contribution in [0, 0.1) is 0 Å². The molecular weight excluding hydrogens is 266 g/mol. The van der Waals surface area contributed by atoms with E-state index in [1.807, 2.05) is 0 Å². The first kappa shape index (κ1) is 15.6. The first-order chi connectivity index (χ1) is 10.0. The van der Waals surface area contributed by atoms with Crippen LogP contribution in [0.1, 0.15) is 33.1 Å². The van der Waals surface area contributed by atoms with Crippen molar-refractivity contribution < 1.29 is 9.53 Å². The minimum absolute atomic E-state index is 0.0148. The maximum atomic E-state index is 12.2. The van der Waals surface area contributed by atoms with Crippen molar-refractivity contribution in [2.75, 3.05) is 24.7 Å². The standard InChI is InChI=1S/C16H25N3O2/c1-4-12-6-5-11(2)19(12)10-16(20)18-15-8-7-13(21-3)9-14(15)17/h7-9,11-12H,4-6,10,17H2,1-3H3,(H,18,20). The van der Waals surface area contributed by atoms with E-state index >= 15 is 0 Å². The lowest BCUT2D eigenvalue weighted by atomic mass is 10.1. The molecule has 1 aromatic carbocycles. The highest BCUT2D eigenvalue weighted by Crippen LogP contribution is 2.27. The lowest BCUT2D eigenvalue weighted by Gasteiger charge is -2.27. The third kappa shape index (κ3) is 3.67. The molecule has 1 saturated heterocycles. The number of likely N-dealkylation sites (tertiary alicyclic amines) is 1. The van der Waals surface area contributed by atoms with Gasteiger partial charge in [0.2, 0.25) is 5.91 Å². The summed E-state index contributed by atoms with van der Waals surface area (Å²) in [7, 11) is 1.59. The summed E-state index contributed by atoms with van der Waals surface area (Å²) in [6.07, 6.45) is 3.42. The minimum Gasteiger partial charge on any atom is -0.497 e. The quantitative estimate of drug-likeness (QED) is 0.818. The largest absolute Gasteiger partial charge is 0.497 e. The van der Waals surface area contributed by atoms with Crippen LogP contribution in [0.15, 0.2) is 18.2 Å². The zero-order valence-corrected chi connectivity index (χ0v) is 13.1. The Balaban J connectivity index is 1.98. The van der Waals surface area contributed by atoms with Crippen LogP contribution >= 0.6 is 0 Å². The van der Waals surface area contributed by atoms with E-state index in [0.29, 0.717) is 35.8 Å². The fourth-order valence-corrected chi connectivity index (χ4v) is 2.99. The molecule has 5 nitrogen and oxygen atoms in total. The third-order valence-electron chi connectivity index (χ3n) is 4.28. The van der Waals surface area contributed by atoms with E-state index in [-0.39, 0.29) is 5.91 Å². The molecule has 0 aromatic heterocycles. The number of nitrogens with two attached hydrogens (primary N) is 1. The normalized spacial score (nSPS) is 22.2. The maximum Gasteiger partial charge on any atom is 0.238 e. The Kier molecular flexibility index (Phi) is 5.07. The van der Waals surface area contributed by atoms with Gasteiger partial charge in [0, 0.05) is 18.2 Å². The Labute approximate surface area is 126 Å². The number of ether oxygens (including phenoxy) is 1. The Hall–Kier alpha value is -1.75. The lowest BCUT2D eigenvalue weighted by Crippen LogP contribution is -2.40. The van der Waals surface area contributed by atoms with E-state index in [1.165, 1.54) is 6.42 Å². The van der Waals surface area contributed by atoms with Crippen LogP contribution < -0.4 is 15.8 Å². The lowest BCUT2D eigenvalue weighted by molar-refractivity contribution is -0.118. The van der Waals surface area contributed by atoms with Gasteiger partial charge in [-0.2, -0.15) is 0 Å². The van der Waals surface area contributed by atoms with E-state index in [0.717, 1.165) is 12.8 Å². The molecule has 21 heavy (non-hydrogen) atoms. The first-order valence-corrected chi connectivity index (χ1v) is 7.54. The van der Waals surface area contributed by atoms with Crippen molar-refractivity contribution in [1.29, 1.82) is 0 Å². The van der Waals surface area contributed by atoms with Gasteiger partial charge in [-0.15, -0.1) is 0 Å². The van der Waals surface area contributed by atoms with E-state index < -0.39 is 0 Å². The molecule has 1 aliphatic heterocycles. The molecule has 1 fully saturated rings.